The van der Waals surface area contributed by atoms with Crippen molar-refractivity contribution in [1.29, 1.82) is 0 Å². The van der Waals surface area contributed by atoms with Crippen LogP contribution in [0.25, 0.3) is 0 Å². The van der Waals surface area contributed by atoms with Crippen molar-refractivity contribution in [3.63, 3.8) is 0 Å². The molecule has 3 nitrogen and oxygen atoms in total. The summed E-state index contributed by atoms with van der Waals surface area (Å²) in [6, 6.07) is 0. The number of hydrazine groups is 1. The third kappa shape index (κ3) is 4.27. The van der Waals surface area contributed by atoms with Gasteiger partial charge in [0.15, 0.2) is 0 Å². The molecular formula is C10H20N2O. The van der Waals surface area contributed by atoms with Crippen LogP contribution in [0, 0.1) is 5.92 Å². The molecule has 1 rings (SSSR count). The van der Waals surface area contributed by atoms with E-state index in [0.717, 1.165) is 12.3 Å². The summed E-state index contributed by atoms with van der Waals surface area (Å²) in [5, 5.41) is 1.70. The molecule has 1 aliphatic rings. The molecular weight excluding hydrogens is 164 g/mol. The number of nitrogens with zero attached hydrogens (tertiary/aromatic N) is 1. The fourth-order valence-electron chi connectivity index (χ4n) is 1.64. The molecule has 0 bridgehead atoms. The van der Waals surface area contributed by atoms with E-state index in [1.807, 2.05) is 14.1 Å². The molecule has 0 aromatic heterocycles. The minimum absolute atomic E-state index is 0.143. The second kappa shape index (κ2) is 5.22. The Morgan fingerprint density at radius 1 is 1.46 bits per heavy atom. The molecule has 1 fully saturated rings. The Morgan fingerprint density at radius 3 is 2.62 bits per heavy atom. The van der Waals surface area contributed by atoms with Crippen molar-refractivity contribution in [2.75, 3.05) is 14.1 Å². The Morgan fingerprint density at radius 2 is 2.15 bits per heavy atom. The van der Waals surface area contributed by atoms with E-state index in [1.165, 1.54) is 25.7 Å². The van der Waals surface area contributed by atoms with Gasteiger partial charge in [-0.15, -0.1) is 0 Å². The van der Waals surface area contributed by atoms with Crippen molar-refractivity contribution in [3.05, 3.63) is 0 Å². The molecule has 0 radical (unpaired) electrons. The van der Waals surface area contributed by atoms with E-state index in [2.05, 4.69) is 5.43 Å². The van der Waals surface area contributed by atoms with Crippen LogP contribution in [0.3, 0.4) is 0 Å². The van der Waals surface area contributed by atoms with E-state index in [1.54, 1.807) is 5.01 Å². The first-order valence-corrected chi connectivity index (χ1v) is 5.15. The Labute approximate surface area is 80.5 Å². The highest BCUT2D eigenvalue weighted by Gasteiger charge is 2.16. The van der Waals surface area contributed by atoms with Crippen LogP contribution in [0.5, 0.6) is 0 Å². The molecule has 0 spiro atoms. The molecule has 0 aromatic rings. The summed E-state index contributed by atoms with van der Waals surface area (Å²) in [4.78, 5) is 11.2. The summed E-state index contributed by atoms with van der Waals surface area (Å²) in [6.07, 6.45) is 7.12. The van der Waals surface area contributed by atoms with Gasteiger partial charge < -0.3 is 0 Å². The van der Waals surface area contributed by atoms with Gasteiger partial charge in [-0.25, -0.2) is 5.01 Å². The van der Waals surface area contributed by atoms with Crippen LogP contribution in [-0.4, -0.2) is 25.0 Å². The zero-order valence-electron chi connectivity index (χ0n) is 8.68. The van der Waals surface area contributed by atoms with Crippen LogP contribution in [-0.2, 0) is 4.79 Å². The standard InChI is InChI=1S/C10H20N2O/c1-12(2)11-10(13)8-4-7-9-5-3-6-9/h9H,3-8H2,1-2H3,(H,11,13). The van der Waals surface area contributed by atoms with Gasteiger partial charge in [-0.05, 0) is 18.8 Å². The van der Waals surface area contributed by atoms with Gasteiger partial charge in [-0.2, -0.15) is 0 Å². The lowest BCUT2D eigenvalue weighted by atomic mass is 9.82. The van der Waals surface area contributed by atoms with Gasteiger partial charge in [0.1, 0.15) is 0 Å². The van der Waals surface area contributed by atoms with Crippen molar-refractivity contribution in [2.24, 2.45) is 5.92 Å². The fraction of sp³-hybridized carbons (Fsp3) is 0.900. The fourth-order valence-corrected chi connectivity index (χ4v) is 1.64. The second-order valence-electron chi connectivity index (χ2n) is 4.12. The smallest absolute Gasteiger partial charge is 0.234 e. The predicted octanol–water partition coefficient (Wildman–Crippen LogP) is 1.55. The number of nitrogens with one attached hydrogen (secondary N) is 1. The molecule has 13 heavy (non-hydrogen) atoms. The molecule has 76 valence electrons. The maximum absolute atomic E-state index is 11.2. The highest BCUT2D eigenvalue weighted by Crippen LogP contribution is 2.30. The quantitative estimate of drug-likeness (QED) is 0.657. The van der Waals surface area contributed by atoms with Crippen LogP contribution in [0.1, 0.15) is 38.5 Å². The van der Waals surface area contributed by atoms with Gasteiger partial charge in [-0.1, -0.05) is 19.3 Å². The van der Waals surface area contributed by atoms with Gasteiger partial charge >= 0.3 is 0 Å². The third-order valence-corrected chi connectivity index (χ3v) is 2.59. The summed E-state index contributed by atoms with van der Waals surface area (Å²) in [6.45, 7) is 0. The number of rotatable bonds is 5. The van der Waals surface area contributed by atoms with Gasteiger partial charge in [0.2, 0.25) is 5.91 Å². The number of carbonyl (C=O) groups excluding carboxylic acids is 1. The Kier molecular flexibility index (Phi) is 4.22. The monoisotopic (exact) mass is 184 g/mol. The highest BCUT2D eigenvalue weighted by atomic mass is 16.2. The second-order valence-corrected chi connectivity index (χ2v) is 4.12. The molecule has 0 aliphatic heterocycles. The van der Waals surface area contributed by atoms with Gasteiger partial charge in [0.25, 0.3) is 0 Å². The topological polar surface area (TPSA) is 32.3 Å². The van der Waals surface area contributed by atoms with Crippen molar-refractivity contribution >= 4 is 5.91 Å². The minimum atomic E-state index is 0.143. The van der Waals surface area contributed by atoms with E-state index in [9.17, 15) is 4.79 Å². The molecule has 1 amide bonds. The summed E-state index contributed by atoms with van der Waals surface area (Å²) >= 11 is 0. The molecule has 3 heteroatoms. The zero-order valence-corrected chi connectivity index (χ0v) is 8.68. The average molecular weight is 184 g/mol. The lowest BCUT2D eigenvalue weighted by Gasteiger charge is -2.24. The maximum Gasteiger partial charge on any atom is 0.234 e. The number of hydrogen-bond donors (Lipinski definition) is 1. The maximum atomic E-state index is 11.2. The van der Waals surface area contributed by atoms with Gasteiger partial charge in [-0.3, -0.25) is 10.2 Å². The first-order chi connectivity index (χ1) is 6.18. The number of hydrogen-bond acceptors (Lipinski definition) is 2. The highest BCUT2D eigenvalue weighted by molar-refractivity contribution is 5.75. The van der Waals surface area contributed by atoms with E-state index >= 15 is 0 Å². The summed E-state index contributed by atoms with van der Waals surface area (Å²) in [5.74, 6) is 1.07. The Hall–Kier alpha value is -0.570. The normalized spacial score (nSPS) is 17.2. The van der Waals surface area contributed by atoms with E-state index in [-0.39, 0.29) is 5.91 Å². The molecule has 1 N–H and O–H groups in total. The molecule has 0 atom stereocenters. The van der Waals surface area contributed by atoms with Crippen molar-refractivity contribution in [1.82, 2.24) is 10.4 Å². The molecule has 0 saturated heterocycles. The molecule has 0 heterocycles. The lowest BCUT2D eigenvalue weighted by Crippen LogP contribution is -2.35. The molecule has 0 aromatic carbocycles. The average Bonchev–Trinajstić information content (AvgIpc) is 1.92. The van der Waals surface area contributed by atoms with Gasteiger partial charge in [0.05, 0.1) is 0 Å². The zero-order chi connectivity index (χ0) is 9.68. The van der Waals surface area contributed by atoms with Crippen LogP contribution in [0.4, 0.5) is 0 Å². The number of carbonyl (C=O) groups is 1. The summed E-state index contributed by atoms with van der Waals surface area (Å²) in [7, 11) is 3.67. The van der Waals surface area contributed by atoms with E-state index < -0.39 is 0 Å². The van der Waals surface area contributed by atoms with Crippen molar-refractivity contribution < 1.29 is 4.79 Å². The SMILES string of the molecule is CN(C)NC(=O)CCCC1CCC1. The minimum Gasteiger partial charge on any atom is -0.289 e. The van der Waals surface area contributed by atoms with Crippen LogP contribution >= 0.6 is 0 Å². The largest absolute Gasteiger partial charge is 0.289 e. The van der Waals surface area contributed by atoms with Crippen molar-refractivity contribution in [2.45, 2.75) is 38.5 Å². The number of amides is 1. The molecule has 1 aliphatic carbocycles. The first-order valence-electron chi connectivity index (χ1n) is 5.15. The summed E-state index contributed by atoms with van der Waals surface area (Å²) in [5.41, 5.74) is 2.75. The Bertz CT molecular complexity index is 164. The predicted molar refractivity (Wildman–Crippen MR) is 53.0 cm³/mol. The van der Waals surface area contributed by atoms with Crippen molar-refractivity contribution in [3.8, 4) is 0 Å². The molecule has 1 saturated carbocycles. The van der Waals surface area contributed by atoms with Crippen LogP contribution in [0.15, 0.2) is 0 Å². The third-order valence-electron chi connectivity index (χ3n) is 2.59. The Balaban J connectivity index is 1.94. The van der Waals surface area contributed by atoms with E-state index in [0.29, 0.717) is 6.42 Å². The summed E-state index contributed by atoms with van der Waals surface area (Å²) < 4.78 is 0. The first kappa shape index (κ1) is 10.5. The van der Waals surface area contributed by atoms with Gasteiger partial charge in [0, 0.05) is 20.5 Å². The van der Waals surface area contributed by atoms with Crippen LogP contribution in [0.2, 0.25) is 0 Å². The molecule has 0 unspecified atom stereocenters. The lowest BCUT2D eigenvalue weighted by molar-refractivity contribution is -0.125. The van der Waals surface area contributed by atoms with E-state index in [4.69, 9.17) is 0 Å². The van der Waals surface area contributed by atoms with Crippen LogP contribution < -0.4 is 5.43 Å².